The molecule has 0 spiro atoms. The molecule has 0 heterocycles. The molecule has 0 bridgehead atoms. The largest absolute Gasteiger partial charge is 0.485 e. The van der Waals surface area contributed by atoms with Gasteiger partial charge >= 0.3 is 0 Å². The number of carbonyl (C=O) groups excluding carboxylic acids is 1. The number of carbonyl (C=O) groups is 1. The summed E-state index contributed by atoms with van der Waals surface area (Å²) in [7, 11) is 1.82. The number of benzene rings is 2. The summed E-state index contributed by atoms with van der Waals surface area (Å²) in [6.07, 6.45) is 0.693. The summed E-state index contributed by atoms with van der Waals surface area (Å²) >= 11 is 0. The van der Waals surface area contributed by atoms with Crippen molar-refractivity contribution in [1.82, 2.24) is 4.90 Å². The fraction of sp³-hybridized carbons (Fsp3) is 0.316. The monoisotopic (exact) mass is 297 g/mol. The van der Waals surface area contributed by atoms with E-state index in [9.17, 15) is 4.79 Å². The van der Waals surface area contributed by atoms with Crippen molar-refractivity contribution in [2.24, 2.45) is 0 Å². The standard InChI is InChI=1S/C19H23NO2/c1-15-9-7-8-12-18(15)22-19(13-14-20(3)16(2)21)17-10-5-4-6-11-17/h4-12,19H,13-14H2,1-3H3. The van der Waals surface area contributed by atoms with Crippen LogP contribution in [0.15, 0.2) is 54.6 Å². The predicted molar refractivity (Wildman–Crippen MR) is 88.9 cm³/mol. The molecule has 0 saturated carbocycles. The second kappa shape index (κ2) is 7.64. The first-order valence-electron chi connectivity index (χ1n) is 7.57. The van der Waals surface area contributed by atoms with E-state index in [-0.39, 0.29) is 12.0 Å². The number of amides is 1. The Hall–Kier alpha value is -2.29. The lowest BCUT2D eigenvalue weighted by atomic mass is 10.1. The molecule has 0 radical (unpaired) electrons. The Morgan fingerprint density at radius 2 is 1.73 bits per heavy atom. The van der Waals surface area contributed by atoms with Gasteiger partial charge in [0, 0.05) is 26.9 Å². The molecule has 2 aromatic carbocycles. The third-order valence-electron chi connectivity index (χ3n) is 3.80. The molecular formula is C19H23NO2. The minimum absolute atomic E-state index is 0.0656. The number of nitrogens with zero attached hydrogens (tertiary/aromatic N) is 1. The molecule has 0 N–H and O–H groups in total. The average molecular weight is 297 g/mol. The van der Waals surface area contributed by atoms with Crippen molar-refractivity contribution in [2.45, 2.75) is 26.4 Å². The maximum absolute atomic E-state index is 11.4. The van der Waals surface area contributed by atoms with Gasteiger partial charge in [0.25, 0.3) is 0 Å². The number of aryl methyl sites for hydroxylation is 1. The summed E-state index contributed by atoms with van der Waals surface area (Å²) in [6, 6.07) is 18.2. The number of ether oxygens (including phenoxy) is 1. The minimum atomic E-state index is -0.0656. The van der Waals surface area contributed by atoms with Gasteiger partial charge in [-0.1, -0.05) is 48.5 Å². The molecule has 0 aliphatic heterocycles. The highest BCUT2D eigenvalue weighted by atomic mass is 16.5. The van der Waals surface area contributed by atoms with Gasteiger partial charge in [-0.05, 0) is 24.1 Å². The molecule has 22 heavy (non-hydrogen) atoms. The molecule has 1 atom stereocenters. The predicted octanol–water partition coefficient (Wildman–Crippen LogP) is 3.98. The lowest BCUT2D eigenvalue weighted by Gasteiger charge is -2.23. The zero-order chi connectivity index (χ0) is 15.9. The van der Waals surface area contributed by atoms with Crippen LogP contribution in [0.4, 0.5) is 0 Å². The average Bonchev–Trinajstić information content (AvgIpc) is 2.53. The Kier molecular flexibility index (Phi) is 5.59. The third kappa shape index (κ3) is 4.35. The molecule has 0 aromatic heterocycles. The van der Waals surface area contributed by atoms with E-state index in [0.717, 1.165) is 23.3 Å². The fourth-order valence-corrected chi connectivity index (χ4v) is 2.27. The van der Waals surface area contributed by atoms with E-state index in [4.69, 9.17) is 4.74 Å². The van der Waals surface area contributed by atoms with Crippen LogP contribution in [0.1, 0.15) is 30.6 Å². The van der Waals surface area contributed by atoms with E-state index in [2.05, 4.69) is 12.1 Å². The number of para-hydroxylation sites is 1. The normalized spacial score (nSPS) is 11.8. The van der Waals surface area contributed by atoms with Gasteiger partial charge in [-0.2, -0.15) is 0 Å². The Balaban J connectivity index is 2.15. The zero-order valence-corrected chi connectivity index (χ0v) is 13.5. The molecule has 116 valence electrons. The van der Waals surface area contributed by atoms with Crippen LogP contribution in [0, 0.1) is 6.92 Å². The lowest BCUT2D eigenvalue weighted by molar-refractivity contribution is -0.127. The maximum atomic E-state index is 11.4. The van der Waals surface area contributed by atoms with Gasteiger partial charge in [-0.3, -0.25) is 4.79 Å². The van der Waals surface area contributed by atoms with Crippen molar-refractivity contribution in [2.75, 3.05) is 13.6 Å². The summed E-state index contributed by atoms with van der Waals surface area (Å²) < 4.78 is 6.22. The molecule has 0 fully saturated rings. The molecular weight excluding hydrogens is 274 g/mol. The van der Waals surface area contributed by atoms with Crippen molar-refractivity contribution >= 4 is 5.91 Å². The van der Waals surface area contributed by atoms with E-state index in [0.29, 0.717) is 6.54 Å². The highest BCUT2D eigenvalue weighted by Gasteiger charge is 2.16. The van der Waals surface area contributed by atoms with E-state index < -0.39 is 0 Å². The van der Waals surface area contributed by atoms with E-state index >= 15 is 0 Å². The van der Waals surface area contributed by atoms with Gasteiger partial charge in [0.2, 0.25) is 5.91 Å². The smallest absolute Gasteiger partial charge is 0.219 e. The Morgan fingerprint density at radius 3 is 2.36 bits per heavy atom. The van der Waals surface area contributed by atoms with Gasteiger partial charge in [0.15, 0.2) is 0 Å². The maximum Gasteiger partial charge on any atom is 0.219 e. The summed E-state index contributed by atoms with van der Waals surface area (Å²) in [5, 5.41) is 0. The van der Waals surface area contributed by atoms with Gasteiger partial charge < -0.3 is 9.64 Å². The first kappa shape index (κ1) is 16.1. The molecule has 2 aromatic rings. The van der Waals surface area contributed by atoms with Crippen molar-refractivity contribution in [3.8, 4) is 5.75 Å². The first-order chi connectivity index (χ1) is 10.6. The molecule has 3 heteroatoms. The summed E-state index contributed by atoms with van der Waals surface area (Å²) in [5.41, 5.74) is 2.24. The quantitative estimate of drug-likeness (QED) is 0.807. The number of hydrogen-bond acceptors (Lipinski definition) is 2. The Bertz CT molecular complexity index is 610. The first-order valence-corrected chi connectivity index (χ1v) is 7.57. The highest BCUT2D eigenvalue weighted by molar-refractivity contribution is 5.72. The summed E-state index contributed by atoms with van der Waals surface area (Å²) in [4.78, 5) is 13.1. The van der Waals surface area contributed by atoms with Crippen molar-refractivity contribution in [3.05, 3.63) is 65.7 Å². The van der Waals surface area contributed by atoms with Gasteiger partial charge in [0.05, 0.1) is 0 Å². The zero-order valence-electron chi connectivity index (χ0n) is 13.5. The van der Waals surface area contributed by atoms with E-state index in [1.165, 1.54) is 0 Å². The molecule has 2 rings (SSSR count). The second-order valence-corrected chi connectivity index (χ2v) is 5.51. The van der Waals surface area contributed by atoms with Gasteiger partial charge in [0.1, 0.15) is 11.9 Å². The number of rotatable bonds is 6. The lowest BCUT2D eigenvalue weighted by Crippen LogP contribution is -2.27. The van der Waals surface area contributed by atoms with Crippen molar-refractivity contribution < 1.29 is 9.53 Å². The van der Waals surface area contributed by atoms with Crippen LogP contribution in [0.2, 0.25) is 0 Å². The van der Waals surface area contributed by atoms with Crippen LogP contribution < -0.4 is 4.74 Å². The van der Waals surface area contributed by atoms with Crippen LogP contribution in [0.25, 0.3) is 0 Å². The fourth-order valence-electron chi connectivity index (χ4n) is 2.27. The van der Waals surface area contributed by atoms with Crippen molar-refractivity contribution in [3.63, 3.8) is 0 Å². The molecule has 1 amide bonds. The van der Waals surface area contributed by atoms with E-state index in [1.54, 1.807) is 11.8 Å². The molecule has 0 aliphatic rings. The van der Waals surface area contributed by atoms with E-state index in [1.807, 2.05) is 56.4 Å². The van der Waals surface area contributed by atoms with Crippen LogP contribution in [0.5, 0.6) is 5.75 Å². The SMILES string of the molecule is CC(=O)N(C)CCC(Oc1ccccc1C)c1ccccc1. The topological polar surface area (TPSA) is 29.5 Å². The van der Waals surface area contributed by atoms with Crippen molar-refractivity contribution in [1.29, 1.82) is 0 Å². The second-order valence-electron chi connectivity index (χ2n) is 5.51. The Morgan fingerprint density at radius 1 is 1.09 bits per heavy atom. The molecule has 1 unspecified atom stereocenters. The molecule has 0 saturated heterocycles. The highest BCUT2D eigenvalue weighted by Crippen LogP contribution is 2.27. The van der Waals surface area contributed by atoms with Crippen LogP contribution in [-0.2, 0) is 4.79 Å². The Labute approximate surface area is 132 Å². The summed E-state index contributed by atoms with van der Waals surface area (Å²) in [6.45, 7) is 4.29. The molecule has 0 aliphatic carbocycles. The van der Waals surface area contributed by atoms with Gasteiger partial charge in [-0.15, -0.1) is 0 Å². The van der Waals surface area contributed by atoms with Crippen LogP contribution in [-0.4, -0.2) is 24.4 Å². The summed E-state index contributed by atoms with van der Waals surface area (Å²) in [5.74, 6) is 0.963. The third-order valence-corrected chi connectivity index (χ3v) is 3.80. The minimum Gasteiger partial charge on any atom is -0.485 e. The van der Waals surface area contributed by atoms with Crippen LogP contribution >= 0.6 is 0 Å². The number of hydrogen-bond donors (Lipinski definition) is 0. The molecule has 3 nitrogen and oxygen atoms in total. The van der Waals surface area contributed by atoms with Gasteiger partial charge in [-0.25, -0.2) is 0 Å². The van der Waals surface area contributed by atoms with Crippen LogP contribution in [0.3, 0.4) is 0 Å².